The second-order valence-corrected chi connectivity index (χ2v) is 8.72. The summed E-state index contributed by atoms with van der Waals surface area (Å²) >= 11 is 5.94. The van der Waals surface area contributed by atoms with Crippen molar-refractivity contribution in [1.82, 2.24) is 19.9 Å². The van der Waals surface area contributed by atoms with Crippen molar-refractivity contribution in [3.8, 4) is 0 Å². The Hall–Kier alpha value is -2.94. The largest absolute Gasteiger partial charge is 0.374 e. The number of aromatic nitrogens is 3. The lowest BCUT2D eigenvalue weighted by atomic mass is 9.96. The number of anilines is 2. The van der Waals surface area contributed by atoms with Crippen molar-refractivity contribution in [1.29, 1.82) is 0 Å². The van der Waals surface area contributed by atoms with Crippen LogP contribution in [0.5, 0.6) is 0 Å². The van der Waals surface area contributed by atoms with Crippen LogP contribution in [-0.4, -0.2) is 63.6 Å². The average molecular weight is 461 g/mol. The van der Waals surface area contributed by atoms with E-state index in [-0.39, 0.29) is 10.9 Å². The highest BCUT2D eigenvalue weighted by Crippen LogP contribution is 2.30. The van der Waals surface area contributed by atoms with Gasteiger partial charge in [-0.15, -0.1) is 0 Å². The number of hydrogen-bond donors (Lipinski definition) is 2. The third kappa shape index (κ3) is 3.97. The van der Waals surface area contributed by atoms with Crippen molar-refractivity contribution in [2.45, 2.75) is 37.5 Å². The molecular weight excluding hydrogens is 438 g/mol. The number of halogens is 3. The minimum absolute atomic E-state index is 0.180. The first-order valence-electron chi connectivity index (χ1n) is 10.7. The summed E-state index contributed by atoms with van der Waals surface area (Å²) in [5, 5.41) is 4.20. The molecule has 0 saturated carbocycles. The monoisotopic (exact) mass is 460 g/mol. The number of alkyl halides is 1. The fourth-order valence-electron chi connectivity index (χ4n) is 4.70. The SMILES string of the molecule is O=C1C(Nc2cc(F)cc(Cl)c2)CCCN1[C@H]1CN(c2ncnc3[nH]ccc23)CCC1F. The Labute approximate surface area is 188 Å². The first kappa shape index (κ1) is 20.9. The molecule has 2 aromatic heterocycles. The van der Waals surface area contributed by atoms with Crippen LogP contribution in [0.4, 0.5) is 20.3 Å². The average Bonchev–Trinajstić information content (AvgIpc) is 3.24. The van der Waals surface area contributed by atoms with Gasteiger partial charge in [0.15, 0.2) is 0 Å². The molecule has 1 aromatic carbocycles. The van der Waals surface area contributed by atoms with Crippen LogP contribution in [0.2, 0.25) is 5.02 Å². The Morgan fingerprint density at radius 1 is 1.19 bits per heavy atom. The molecule has 5 rings (SSSR count). The molecular formula is C22H23ClF2N6O. The van der Waals surface area contributed by atoms with Gasteiger partial charge in [0.1, 0.15) is 35.8 Å². The Morgan fingerprint density at radius 3 is 2.91 bits per heavy atom. The summed E-state index contributed by atoms with van der Waals surface area (Å²) in [6, 6.07) is 4.85. The summed E-state index contributed by atoms with van der Waals surface area (Å²) in [7, 11) is 0. The van der Waals surface area contributed by atoms with Crippen LogP contribution in [-0.2, 0) is 4.79 Å². The van der Waals surface area contributed by atoms with Gasteiger partial charge in [-0.2, -0.15) is 0 Å². The highest BCUT2D eigenvalue weighted by atomic mass is 35.5. The molecule has 7 nitrogen and oxygen atoms in total. The number of nitrogens with one attached hydrogen (secondary N) is 2. The first-order valence-corrected chi connectivity index (χ1v) is 11.1. The highest BCUT2D eigenvalue weighted by Gasteiger charge is 2.40. The molecule has 168 valence electrons. The molecule has 2 saturated heterocycles. The zero-order valence-corrected chi connectivity index (χ0v) is 18.0. The molecule has 0 radical (unpaired) electrons. The van der Waals surface area contributed by atoms with E-state index in [2.05, 4.69) is 20.3 Å². The third-order valence-electron chi connectivity index (χ3n) is 6.21. The molecule has 0 spiro atoms. The predicted molar refractivity (Wildman–Crippen MR) is 119 cm³/mol. The molecule has 2 fully saturated rings. The Bertz CT molecular complexity index is 1120. The van der Waals surface area contributed by atoms with Gasteiger partial charge in [0, 0.05) is 36.5 Å². The quantitative estimate of drug-likeness (QED) is 0.619. The molecule has 32 heavy (non-hydrogen) atoms. The van der Waals surface area contributed by atoms with Crippen molar-refractivity contribution in [3.05, 3.63) is 47.6 Å². The molecule has 3 aromatic rings. The fourth-order valence-corrected chi connectivity index (χ4v) is 4.92. The summed E-state index contributed by atoms with van der Waals surface area (Å²) < 4.78 is 28.8. The topological polar surface area (TPSA) is 77.2 Å². The van der Waals surface area contributed by atoms with Gasteiger partial charge < -0.3 is 20.1 Å². The van der Waals surface area contributed by atoms with Gasteiger partial charge in [-0.1, -0.05) is 11.6 Å². The molecule has 2 N–H and O–H groups in total. The van der Waals surface area contributed by atoms with Crippen LogP contribution in [0.3, 0.4) is 0 Å². The van der Waals surface area contributed by atoms with E-state index >= 15 is 4.39 Å². The lowest BCUT2D eigenvalue weighted by Crippen LogP contribution is -2.60. The third-order valence-corrected chi connectivity index (χ3v) is 6.43. The van der Waals surface area contributed by atoms with E-state index in [0.717, 1.165) is 23.3 Å². The van der Waals surface area contributed by atoms with Gasteiger partial charge in [-0.3, -0.25) is 4.79 Å². The smallest absolute Gasteiger partial charge is 0.245 e. The van der Waals surface area contributed by atoms with Crippen LogP contribution < -0.4 is 10.2 Å². The van der Waals surface area contributed by atoms with Gasteiger partial charge in [0.05, 0.1) is 11.4 Å². The summed E-state index contributed by atoms with van der Waals surface area (Å²) in [5.41, 5.74) is 1.16. The maximum atomic E-state index is 15.1. The summed E-state index contributed by atoms with van der Waals surface area (Å²) in [4.78, 5) is 28.6. The van der Waals surface area contributed by atoms with Crippen LogP contribution >= 0.6 is 11.6 Å². The van der Waals surface area contributed by atoms with E-state index in [1.54, 1.807) is 17.2 Å². The summed E-state index contributed by atoms with van der Waals surface area (Å²) in [6.07, 6.45) is 3.78. The first-order chi connectivity index (χ1) is 15.5. The number of piperidine rings is 2. The van der Waals surface area contributed by atoms with E-state index in [1.807, 2.05) is 11.0 Å². The van der Waals surface area contributed by atoms with E-state index in [4.69, 9.17) is 11.6 Å². The Kier molecular flexibility index (Phi) is 5.58. The fraction of sp³-hybridized carbons (Fsp3) is 0.409. The van der Waals surface area contributed by atoms with Crippen molar-refractivity contribution in [2.24, 2.45) is 0 Å². The number of rotatable bonds is 4. The number of hydrogen-bond acceptors (Lipinski definition) is 5. The predicted octanol–water partition coefficient (Wildman–Crippen LogP) is 3.77. The van der Waals surface area contributed by atoms with Gasteiger partial charge in [-0.25, -0.2) is 18.7 Å². The summed E-state index contributed by atoms with van der Waals surface area (Å²) in [5.74, 6) is 0.0788. The van der Waals surface area contributed by atoms with Crippen LogP contribution in [0.25, 0.3) is 11.0 Å². The van der Waals surface area contributed by atoms with Gasteiger partial charge >= 0.3 is 0 Å². The molecule has 2 aliphatic rings. The number of fused-ring (bicyclic) bond motifs is 1. The van der Waals surface area contributed by atoms with Gasteiger partial charge in [0.25, 0.3) is 0 Å². The van der Waals surface area contributed by atoms with E-state index in [1.165, 1.54) is 18.5 Å². The number of carbonyl (C=O) groups excluding carboxylic acids is 1. The zero-order chi connectivity index (χ0) is 22.2. The van der Waals surface area contributed by atoms with Crippen LogP contribution in [0, 0.1) is 5.82 Å². The van der Waals surface area contributed by atoms with Crippen molar-refractivity contribution in [2.75, 3.05) is 29.9 Å². The molecule has 0 aliphatic carbocycles. The minimum Gasteiger partial charge on any atom is -0.374 e. The lowest BCUT2D eigenvalue weighted by molar-refractivity contribution is -0.138. The number of likely N-dealkylation sites (tertiary alicyclic amines) is 1. The number of amides is 1. The molecule has 2 aliphatic heterocycles. The molecule has 3 atom stereocenters. The normalized spacial score (nSPS) is 24.2. The minimum atomic E-state index is -1.12. The lowest BCUT2D eigenvalue weighted by Gasteiger charge is -2.44. The molecule has 1 amide bonds. The van der Waals surface area contributed by atoms with Crippen LogP contribution in [0.1, 0.15) is 19.3 Å². The molecule has 10 heteroatoms. The Morgan fingerprint density at radius 2 is 2.06 bits per heavy atom. The van der Waals surface area contributed by atoms with Crippen molar-refractivity contribution >= 4 is 40.0 Å². The number of aromatic amines is 1. The van der Waals surface area contributed by atoms with Gasteiger partial charge in [0.2, 0.25) is 5.91 Å². The van der Waals surface area contributed by atoms with Crippen molar-refractivity contribution < 1.29 is 13.6 Å². The van der Waals surface area contributed by atoms with E-state index in [9.17, 15) is 9.18 Å². The standard InChI is InChI=1S/C22H23ClF2N6O/c23-13-8-14(24)10-15(9-13)29-18-2-1-6-31(22(18)32)19-11-30(7-4-17(19)25)21-16-3-5-26-20(16)27-12-28-21/h3,5,8-10,12,17-19,29H,1-2,4,6-7,11H2,(H,26,27,28)/t17?,18?,19-/m0/s1. The maximum Gasteiger partial charge on any atom is 0.245 e. The maximum absolute atomic E-state index is 15.1. The second kappa shape index (κ2) is 8.54. The molecule has 4 heterocycles. The van der Waals surface area contributed by atoms with E-state index in [0.29, 0.717) is 38.2 Å². The van der Waals surface area contributed by atoms with Crippen molar-refractivity contribution in [3.63, 3.8) is 0 Å². The van der Waals surface area contributed by atoms with Crippen LogP contribution in [0.15, 0.2) is 36.8 Å². The number of H-pyrrole nitrogens is 1. The second-order valence-electron chi connectivity index (χ2n) is 8.28. The highest BCUT2D eigenvalue weighted by molar-refractivity contribution is 6.30. The number of benzene rings is 1. The molecule has 0 bridgehead atoms. The summed E-state index contributed by atoms with van der Waals surface area (Å²) in [6.45, 7) is 1.35. The Balaban J connectivity index is 1.35. The van der Waals surface area contributed by atoms with Gasteiger partial charge in [-0.05, 0) is 43.5 Å². The number of nitrogens with zero attached hydrogens (tertiary/aromatic N) is 4. The van der Waals surface area contributed by atoms with E-state index < -0.39 is 24.1 Å². The number of carbonyl (C=O) groups is 1. The zero-order valence-electron chi connectivity index (χ0n) is 17.3. The molecule has 2 unspecified atom stereocenters.